The van der Waals surface area contributed by atoms with Gasteiger partial charge in [0.2, 0.25) is 5.91 Å². The Labute approximate surface area is 111 Å². The number of carbonyl (C=O) groups excluding carboxylic acids is 1. The molecule has 1 fully saturated rings. The average Bonchev–Trinajstić information content (AvgIpc) is 2.66. The number of hydrogen-bond acceptors (Lipinski definition) is 5. The number of carbonyl (C=O) groups is 1. The van der Waals surface area contributed by atoms with Crippen LogP contribution in [0.2, 0.25) is 0 Å². The number of rotatable bonds is 3. The first-order chi connectivity index (χ1) is 8.44. The Morgan fingerprint density at radius 3 is 3.11 bits per heavy atom. The largest absolute Gasteiger partial charge is 0.370 e. The minimum Gasteiger partial charge on any atom is -0.370 e. The summed E-state index contributed by atoms with van der Waals surface area (Å²) < 4.78 is 5.81. The molecule has 6 heteroatoms. The Morgan fingerprint density at radius 2 is 2.50 bits per heavy atom. The molecule has 0 aliphatic carbocycles. The molecule has 0 radical (unpaired) electrons. The van der Waals surface area contributed by atoms with Gasteiger partial charge in [-0.25, -0.2) is 4.98 Å². The number of thiazole rings is 1. The van der Waals surface area contributed by atoms with Gasteiger partial charge in [0.1, 0.15) is 0 Å². The van der Waals surface area contributed by atoms with Gasteiger partial charge in [0.05, 0.1) is 18.2 Å². The number of nitrogens with zero attached hydrogens (tertiary/aromatic N) is 2. The third-order valence-electron chi connectivity index (χ3n) is 2.69. The number of anilines is 1. The number of nitrogens with one attached hydrogen (secondary N) is 1. The lowest BCUT2D eigenvalue weighted by molar-refractivity contribution is -0.136. The van der Waals surface area contributed by atoms with Crippen molar-refractivity contribution in [2.24, 2.45) is 0 Å². The summed E-state index contributed by atoms with van der Waals surface area (Å²) >= 11 is 1.43. The van der Waals surface area contributed by atoms with Crippen molar-refractivity contribution >= 4 is 22.4 Å². The van der Waals surface area contributed by atoms with Crippen molar-refractivity contribution in [3.63, 3.8) is 0 Å². The van der Waals surface area contributed by atoms with E-state index in [1.807, 2.05) is 26.2 Å². The summed E-state index contributed by atoms with van der Waals surface area (Å²) in [5, 5.41) is 5.29. The van der Waals surface area contributed by atoms with Gasteiger partial charge in [-0.1, -0.05) is 0 Å². The van der Waals surface area contributed by atoms with Crippen LogP contribution < -0.4 is 5.32 Å². The maximum atomic E-state index is 11.9. The Bertz CT molecular complexity index is 405. The van der Waals surface area contributed by atoms with Crippen molar-refractivity contribution in [3.05, 3.63) is 11.6 Å². The summed E-state index contributed by atoms with van der Waals surface area (Å²) in [5.41, 5.74) is -0.195. The number of morpholine rings is 1. The minimum atomic E-state index is -0.195. The van der Waals surface area contributed by atoms with E-state index in [0.29, 0.717) is 11.7 Å². The van der Waals surface area contributed by atoms with Crippen LogP contribution >= 0.6 is 11.3 Å². The van der Waals surface area contributed by atoms with Gasteiger partial charge in [-0.05, 0) is 20.8 Å². The molecule has 100 valence electrons. The Hall–Kier alpha value is -0.980. The fourth-order valence-electron chi connectivity index (χ4n) is 2.35. The van der Waals surface area contributed by atoms with Crippen LogP contribution in [0.3, 0.4) is 0 Å². The summed E-state index contributed by atoms with van der Waals surface area (Å²) in [4.78, 5) is 18.0. The van der Waals surface area contributed by atoms with Crippen LogP contribution in [0.15, 0.2) is 11.6 Å². The van der Waals surface area contributed by atoms with E-state index in [1.165, 1.54) is 11.3 Å². The fraction of sp³-hybridized carbons (Fsp3) is 0.667. The lowest BCUT2D eigenvalue weighted by Gasteiger charge is -2.41. The summed E-state index contributed by atoms with van der Waals surface area (Å²) in [6.07, 6.45) is 1.83. The SMILES string of the molecule is CC1CN(CC(=O)Nc2nccs2)CC(C)(C)O1. The molecule has 1 atom stereocenters. The van der Waals surface area contributed by atoms with Crippen LogP contribution in [0.1, 0.15) is 20.8 Å². The van der Waals surface area contributed by atoms with Gasteiger partial charge in [0, 0.05) is 24.7 Å². The lowest BCUT2D eigenvalue weighted by atomic mass is 10.1. The number of hydrogen-bond donors (Lipinski definition) is 1. The number of aromatic nitrogens is 1. The molecule has 0 bridgehead atoms. The number of ether oxygens (including phenoxy) is 1. The molecule has 1 N–H and O–H groups in total. The quantitative estimate of drug-likeness (QED) is 0.905. The standard InChI is InChI=1S/C12H19N3O2S/c1-9-6-15(8-12(2,3)17-9)7-10(16)14-11-13-4-5-18-11/h4-5,9H,6-8H2,1-3H3,(H,13,14,16). The summed E-state index contributed by atoms with van der Waals surface area (Å²) in [6.45, 7) is 8.07. The molecule has 1 aliphatic rings. The first-order valence-corrected chi connectivity index (χ1v) is 6.92. The molecule has 1 aromatic heterocycles. The molecule has 2 rings (SSSR count). The van der Waals surface area contributed by atoms with Crippen LogP contribution in [0.25, 0.3) is 0 Å². The lowest BCUT2D eigenvalue weighted by Crippen LogP contribution is -2.53. The summed E-state index contributed by atoms with van der Waals surface area (Å²) in [5.74, 6) is -0.0187. The molecular weight excluding hydrogens is 250 g/mol. The summed E-state index contributed by atoms with van der Waals surface area (Å²) in [6, 6.07) is 0. The monoisotopic (exact) mass is 269 g/mol. The van der Waals surface area contributed by atoms with Crippen molar-refractivity contribution in [2.75, 3.05) is 25.0 Å². The maximum absolute atomic E-state index is 11.9. The molecule has 18 heavy (non-hydrogen) atoms. The highest BCUT2D eigenvalue weighted by Gasteiger charge is 2.31. The molecule has 0 spiro atoms. The van der Waals surface area contributed by atoms with Crippen LogP contribution in [-0.2, 0) is 9.53 Å². The normalized spacial score (nSPS) is 23.8. The second kappa shape index (κ2) is 5.34. The van der Waals surface area contributed by atoms with Gasteiger partial charge < -0.3 is 10.1 Å². The predicted octanol–water partition coefficient (Wildman–Crippen LogP) is 1.58. The fourth-order valence-corrected chi connectivity index (χ4v) is 2.90. The van der Waals surface area contributed by atoms with E-state index in [9.17, 15) is 4.79 Å². The second-order valence-corrected chi connectivity index (χ2v) is 6.14. The maximum Gasteiger partial charge on any atom is 0.240 e. The van der Waals surface area contributed by atoms with Crippen LogP contribution in [0, 0.1) is 0 Å². The number of amides is 1. The third kappa shape index (κ3) is 3.76. The molecule has 1 aromatic rings. The van der Waals surface area contributed by atoms with Gasteiger partial charge in [-0.15, -0.1) is 11.3 Å². The average molecular weight is 269 g/mol. The van der Waals surface area contributed by atoms with E-state index in [-0.39, 0.29) is 17.6 Å². The van der Waals surface area contributed by atoms with Gasteiger partial charge in [0.15, 0.2) is 5.13 Å². The van der Waals surface area contributed by atoms with Crippen molar-refractivity contribution < 1.29 is 9.53 Å². The van der Waals surface area contributed by atoms with E-state index < -0.39 is 0 Å². The highest BCUT2D eigenvalue weighted by atomic mass is 32.1. The third-order valence-corrected chi connectivity index (χ3v) is 3.37. The minimum absolute atomic E-state index is 0.0187. The van der Waals surface area contributed by atoms with E-state index >= 15 is 0 Å². The van der Waals surface area contributed by atoms with Crippen LogP contribution in [0.4, 0.5) is 5.13 Å². The Balaban J connectivity index is 1.87. The zero-order valence-corrected chi connectivity index (χ0v) is 11.8. The molecule has 0 aromatic carbocycles. The Morgan fingerprint density at radius 1 is 1.72 bits per heavy atom. The van der Waals surface area contributed by atoms with Crippen LogP contribution in [-0.4, -0.2) is 47.1 Å². The van der Waals surface area contributed by atoms with Crippen molar-refractivity contribution in [1.82, 2.24) is 9.88 Å². The molecule has 1 amide bonds. The highest BCUT2D eigenvalue weighted by molar-refractivity contribution is 7.13. The zero-order chi connectivity index (χ0) is 13.2. The first kappa shape index (κ1) is 13.5. The van der Waals surface area contributed by atoms with Crippen LogP contribution in [0.5, 0.6) is 0 Å². The molecule has 1 aliphatic heterocycles. The molecule has 0 saturated carbocycles. The Kier molecular flexibility index (Phi) is 3.99. The van der Waals surface area contributed by atoms with Crippen molar-refractivity contribution in [1.29, 1.82) is 0 Å². The second-order valence-electron chi connectivity index (χ2n) is 5.24. The van der Waals surface area contributed by atoms with E-state index in [0.717, 1.165) is 13.1 Å². The smallest absolute Gasteiger partial charge is 0.240 e. The predicted molar refractivity (Wildman–Crippen MR) is 71.8 cm³/mol. The van der Waals surface area contributed by atoms with Gasteiger partial charge >= 0.3 is 0 Å². The first-order valence-electron chi connectivity index (χ1n) is 6.04. The topological polar surface area (TPSA) is 54.5 Å². The zero-order valence-electron chi connectivity index (χ0n) is 11.0. The molecule has 5 nitrogen and oxygen atoms in total. The van der Waals surface area contributed by atoms with E-state index in [2.05, 4.69) is 15.2 Å². The molecular formula is C12H19N3O2S. The molecule has 2 heterocycles. The van der Waals surface area contributed by atoms with Crippen molar-refractivity contribution in [3.8, 4) is 0 Å². The van der Waals surface area contributed by atoms with E-state index in [4.69, 9.17) is 4.74 Å². The molecule has 1 saturated heterocycles. The van der Waals surface area contributed by atoms with Gasteiger partial charge in [-0.2, -0.15) is 0 Å². The van der Waals surface area contributed by atoms with Crippen molar-refractivity contribution in [2.45, 2.75) is 32.5 Å². The van der Waals surface area contributed by atoms with E-state index in [1.54, 1.807) is 6.20 Å². The molecule has 1 unspecified atom stereocenters. The highest BCUT2D eigenvalue weighted by Crippen LogP contribution is 2.20. The summed E-state index contributed by atoms with van der Waals surface area (Å²) in [7, 11) is 0. The van der Waals surface area contributed by atoms with Gasteiger partial charge in [0.25, 0.3) is 0 Å². The van der Waals surface area contributed by atoms with Gasteiger partial charge in [-0.3, -0.25) is 9.69 Å².